The second-order valence-corrected chi connectivity index (χ2v) is 16.6. The van der Waals surface area contributed by atoms with Crippen LogP contribution >= 0.6 is 23.2 Å². The zero-order valence-corrected chi connectivity index (χ0v) is 34.3. The van der Waals surface area contributed by atoms with Crippen molar-refractivity contribution in [3.63, 3.8) is 0 Å². The van der Waals surface area contributed by atoms with E-state index < -0.39 is 68.9 Å². The van der Waals surface area contributed by atoms with Gasteiger partial charge in [0, 0.05) is 0 Å². The molecule has 4 aromatic rings. The Hall–Kier alpha value is -4.54. The average Bonchev–Trinajstić information content (AvgIpc) is 3.94. The van der Waals surface area contributed by atoms with Crippen molar-refractivity contribution >= 4 is 35.1 Å². The van der Waals surface area contributed by atoms with Crippen LogP contribution in [-0.2, 0) is 32.3 Å². The van der Waals surface area contributed by atoms with E-state index in [-0.39, 0.29) is 13.2 Å². The standard InChI is InChI=1S/2C23H22ClF3O2/c2*1-14-16(10-7-11-17(14)15-8-5-4-6-9-15)13-29-21(28)20-18(22(20,2)3)12-19(24)23(25,26)27/h2*4-12,18,20H,13H2,1-3H3/b2*19-12-. The molecule has 12 heteroatoms. The summed E-state index contributed by atoms with van der Waals surface area (Å²) in [4.78, 5) is 25.1. The Kier molecular flexibility index (Phi) is 13.3. The molecule has 4 nitrogen and oxygen atoms in total. The van der Waals surface area contributed by atoms with Gasteiger partial charge >= 0.3 is 24.3 Å². The van der Waals surface area contributed by atoms with Crippen LogP contribution in [-0.4, -0.2) is 24.3 Å². The molecule has 4 aromatic carbocycles. The van der Waals surface area contributed by atoms with E-state index in [0.29, 0.717) is 0 Å². The minimum atomic E-state index is -4.61. The Labute approximate surface area is 344 Å². The Morgan fingerprint density at radius 3 is 1.21 bits per heavy atom. The van der Waals surface area contributed by atoms with E-state index in [1.807, 2.05) is 111 Å². The third-order valence-corrected chi connectivity index (χ3v) is 12.0. The normalized spacial score (nSPS) is 21.0. The van der Waals surface area contributed by atoms with E-state index >= 15 is 0 Å². The predicted octanol–water partition coefficient (Wildman–Crippen LogP) is 13.3. The van der Waals surface area contributed by atoms with Crippen LogP contribution in [0.2, 0.25) is 0 Å². The molecule has 308 valence electrons. The average molecular weight is 846 g/mol. The highest BCUT2D eigenvalue weighted by molar-refractivity contribution is 6.30. The van der Waals surface area contributed by atoms with Crippen LogP contribution in [0.4, 0.5) is 26.3 Å². The van der Waals surface area contributed by atoms with Crippen LogP contribution in [0.25, 0.3) is 22.3 Å². The number of ether oxygens (including phenoxy) is 2. The summed E-state index contributed by atoms with van der Waals surface area (Å²) in [7, 11) is 0. The molecule has 2 saturated carbocycles. The van der Waals surface area contributed by atoms with Gasteiger partial charge in [-0.25, -0.2) is 0 Å². The molecule has 4 atom stereocenters. The number of hydrogen-bond donors (Lipinski definition) is 0. The van der Waals surface area contributed by atoms with E-state index in [1.165, 1.54) is 0 Å². The number of hydrogen-bond acceptors (Lipinski definition) is 4. The molecule has 0 aromatic heterocycles. The maximum absolute atomic E-state index is 12.7. The van der Waals surface area contributed by atoms with Gasteiger partial charge in [-0.3, -0.25) is 9.59 Å². The number of carbonyl (C=O) groups excluding carboxylic acids is 2. The number of allylic oxidation sites excluding steroid dienone is 4. The maximum atomic E-state index is 12.7. The van der Waals surface area contributed by atoms with Crippen molar-refractivity contribution in [2.75, 3.05) is 0 Å². The van der Waals surface area contributed by atoms with Crippen molar-refractivity contribution in [2.24, 2.45) is 34.5 Å². The third-order valence-electron chi connectivity index (χ3n) is 11.3. The zero-order chi connectivity index (χ0) is 42.8. The summed E-state index contributed by atoms with van der Waals surface area (Å²) in [5.41, 5.74) is 6.69. The van der Waals surface area contributed by atoms with Crippen molar-refractivity contribution in [1.29, 1.82) is 0 Å². The molecular formula is C46H44Cl2F6O4. The van der Waals surface area contributed by atoms with Crippen molar-refractivity contribution in [3.05, 3.63) is 142 Å². The Bertz CT molecular complexity index is 2020. The number of rotatable bonds is 10. The fraction of sp³-hybridized carbons (Fsp3) is 0.348. The Morgan fingerprint density at radius 1 is 0.569 bits per heavy atom. The van der Waals surface area contributed by atoms with E-state index in [1.54, 1.807) is 27.7 Å². The minimum absolute atomic E-state index is 0.0708. The molecule has 6 rings (SSSR count). The molecular weight excluding hydrogens is 801 g/mol. The summed E-state index contributed by atoms with van der Waals surface area (Å²) < 4.78 is 87.1. The second kappa shape index (κ2) is 17.4. The number of halogens is 8. The van der Waals surface area contributed by atoms with Gasteiger partial charge in [0.25, 0.3) is 0 Å². The molecule has 0 bridgehead atoms. The highest BCUT2D eigenvalue weighted by Crippen LogP contribution is 2.61. The lowest BCUT2D eigenvalue weighted by Crippen LogP contribution is -2.11. The third kappa shape index (κ3) is 10.2. The van der Waals surface area contributed by atoms with Crippen LogP contribution in [0.3, 0.4) is 0 Å². The SMILES string of the molecule is Cc1c(COC(=O)C2C(/C=C(\Cl)C(F)(F)F)C2(C)C)cccc1-c1ccccc1.Cc1c(COC(=O)C2C(/C=C(\Cl)C(F)(F)F)C2(C)C)cccc1-c1ccccc1. The fourth-order valence-corrected chi connectivity index (χ4v) is 7.67. The molecule has 0 saturated heterocycles. The van der Waals surface area contributed by atoms with Crippen molar-refractivity contribution in [3.8, 4) is 22.3 Å². The maximum Gasteiger partial charge on any atom is 0.426 e. The molecule has 58 heavy (non-hydrogen) atoms. The lowest BCUT2D eigenvalue weighted by molar-refractivity contribution is -0.148. The summed E-state index contributed by atoms with van der Waals surface area (Å²) in [6.07, 6.45) is -7.36. The van der Waals surface area contributed by atoms with Gasteiger partial charge in [-0.05, 0) is 81.0 Å². The number of benzene rings is 4. The smallest absolute Gasteiger partial charge is 0.426 e. The summed E-state index contributed by atoms with van der Waals surface area (Å²) in [5.74, 6) is -3.49. The van der Waals surface area contributed by atoms with Crippen molar-refractivity contribution < 1.29 is 45.4 Å². The van der Waals surface area contributed by atoms with E-state index in [0.717, 1.165) is 56.7 Å². The summed E-state index contributed by atoms with van der Waals surface area (Å²) in [5, 5.41) is -2.39. The van der Waals surface area contributed by atoms with Crippen LogP contribution in [0.1, 0.15) is 49.9 Å². The molecule has 0 spiro atoms. The first-order valence-electron chi connectivity index (χ1n) is 18.6. The van der Waals surface area contributed by atoms with E-state index in [4.69, 9.17) is 32.7 Å². The van der Waals surface area contributed by atoms with Crippen LogP contribution in [0.15, 0.2) is 119 Å². The summed E-state index contributed by atoms with van der Waals surface area (Å²) in [6, 6.07) is 31.3. The summed E-state index contributed by atoms with van der Waals surface area (Å²) in [6.45, 7) is 11.0. The largest absolute Gasteiger partial charge is 0.461 e. The van der Waals surface area contributed by atoms with Crippen molar-refractivity contribution in [2.45, 2.75) is 67.1 Å². The molecule has 2 fully saturated rings. The monoisotopic (exact) mass is 844 g/mol. The Morgan fingerprint density at radius 2 is 0.897 bits per heavy atom. The number of esters is 2. The Balaban J connectivity index is 0.000000221. The van der Waals surface area contributed by atoms with Gasteiger partial charge in [0.05, 0.1) is 11.8 Å². The quantitative estimate of drug-likeness (QED) is 0.118. The predicted molar refractivity (Wildman–Crippen MR) is 214 cm³/mol. The highest BCUT2D eigenvalue weighted by atomic mass is 35.5. The van der Waals surface area contributed by atoms with Gasteiger partial charge in [0.2, 0.25) is 0 Å². The van der Waals surface area contributed by atoms with Gasteiger partial charge in [0.1, 0.15) is 23.3 Å². The molecule has 2 aliphatic rings. The number of carbonyl (C=O) groups is 2. The topological polar surface area (TPSA) is 52.6 Å². The molecule has 0 amide bonds. The molecule has 2 aliphatic carbocycles. The summed E-state index contributed by atoms with van der Waals surface area (Å²) >= 11 is 10.7. The van der Waals surface area contributed by atoms with Crippen LogP contribution in [0, 0.1) is 48.3 Å². The highest BCUT2D eigenvalue weighted by Gasteiger charge is 2.63. The molecule has 0 radical (unpaired) electrons. The van der Waals surface area contributed by atoms with Gasteiger partial charge in [-0.2, -0.15) is 26.3 Å². The molecule has 0 aliphatic heterocycles. The fourth-order valence-electron chi connectivity index (χ4n) is 7.40. The van der Waals surface area contributed by atoms with Gasteiger partial charge in [0.15, 0.2) is 0 Å². The molecule has 0 heterocycles. The van der Waals surface area contributed by atoms with Gasteiger partial charge < -0.3 is 9.47 Å². The number of alkyl halides is 6. The molecule has 0 N–H and O–H groups in total. The zero-order valence-electron chi connectivity index (χ0n) is 32.8. The first kappa shape index (κ1) is 44.6. The van der Waals surface area contributed by atoms with Gasteiger partial charge in [-0.1, -0.05) is 160 Å². The first-order valence-corrected chi connectivity index (χ1v) is 19.3. The van der Waals surface area contributed by atoms with Crippen molar-refractivity contribution in [1.82, 2.24) is 0 Å². The lowest BCUT2D eigenvalue weighted by atomic mass is 9.97. The van der Waals surface area contributed by atoms with Crippen LogP contribution < -0.4 is 0 Å². The van der Waals surface area contributed by atoms with Gasteiger partial charge in [-0.15, -0.1) is 0 Å². The second-order valence-electron chi connectivity index (χ2n) is 15.8. The van der Waals surface area contributed by atoms with Crippen LogP contribution in [0.5, 0.6) is 0 Å². The minimum Gasteiger partial charge on any atom is -0.461 e. The molecule has 4 unspecified atom stereocenters. The lowest BCUT2D eigenvalue weighted by Gasteiger charge is -2.12. The first-order chi connectivity index (χ1) is 27.1. The van der Waals surface area contributed by atoms with E-state index in [9.17, 15) is 35.9 Å². The van der Waals surface area contributed by atoms with E-state index in [2.05, 4.69) is 0 Å².